The molecule has 0 saturated carbocycles. The fourth-order valence-corrected chi connectivity index (χ4v) is 2.34. The molecule has 3 atom stereocenters. The molecule has 1 rings (SSSR count). The number of hydrogen-bond donors (Lipinski definition) is 2. The molecule has 1 aliphatic rings. The smallest absolute Gasteiger partial charge is 0.405 e. The van der Waals surface area contributed by atoms with Crippen LogP contribution in [-0.2, 0) is 4.79 Å². The quantitative estimate of drug-likeness (QED) is 0.793. The van der Waals surface area contributed by atoms with Gasteiger partial charge in [-0.1, -0.05) is 27.7 Å². The van der Waals surface area contributed by atoms with E-state index >= 15 is 0 Å². The third-order valence-electron chi connectivity index (χ3n) is 3.80. The van der Waals surface area contributed by atoms with Crippen molar-refractivity contribution >= 4 is 12.0 Å². The highest BCUT2D eigenvalue weighted by Crippen LogP contribution is 2.28. The van der Waals surface area contributed by atoms with E-state index in [4.69, 9.17) is 5.11 Å². The summed E-state index contributed by atoms with van der Waals surface area (Å²) in [4.78, 5) is 25.1. The highest BCUT2D eigenvalue weighted by atomic mass is 16.4. The van der Waals surface area contributed by atoms with Gasteiger partial charge in [-0.2, -0.15) is 0 Å². The highest BCUT2D eigenvalue weighted by molar-refractivity contribution is 5.86. The Morgan fingerprint density at radius 1 is 1.33 bits per heavy atom. The molecule has 0 unspecified atom stereocenters. The second-order valence-electron chi connectivity index (χ2n) is 6.29. The molecular weight excluding hydrogens is 232 g/mol. The SMILES string of the molecule is C[C@@H]1CCN(C(=O)[C@@H](NC(=O)O)C(C)(C)C)[C@@H]1C. The van der Waals surface area contributed by atoms with Crippen LogP contribution in [0.3, 0.4) is 0 Å². The normalized spacial score (nSPS) is 25.9. The summed E-state index contributed by atoms with van der Waals surface area (Å²) in [6.45, 7) is 10.5. The van der Waals surface area contributed by atoms with Crippen molar-refractivity contribution in [2.24, 2.45) is 11.3 Å². The van der Waals surface area contributed by atoms with Gasteiger partial charge in [0.2, 0.25) is 5.91 Å². The molecule has 1 heterocycles. The molecule has 0 radical (unpaired) electrons. The van der Waals surface area contributed by atoms with Crippen molar-refractivity contribution < 1.29 is 14.7 Å². The Bertz CT molecular complexity index is 336. The Morgan fingerprint density at radius 3 is 2.22 bits per heavy atom. The van der Waals surface area contributed by atoms with Crippen molar-refractivity contribution in [2.75, 3.05) is 6.54 Å². The predicted octanol–water partition coefficient (Wildman–Crippen LogP) is 1.93. The predicted molar refractivity (Wildman–Crippen MR) is 69.4 cm³/mol. The van der Waals surface area contributed by atoms with Crippen LogP contribution in [0.15, 0.2) is 0 Å². The van der Waals surface area contributed by atoms with Gasteiger partial charge in [0.1, 0.15) is 6.04 Å². The van der Waals surface area contributed by atoms with E-state index in [1.807, 2.05) is 27.7 Å². The average molecular weight is 256 g/mol. The van der Waals surface area contributed by atoms with Gasteiger partial charge in [-0.3, -0.25) is 4.79 Å². The van der Waals surface area contributed by atoms with Gasteiger partial charge in [0.25, 0.3) is 0 Å². The molecule has 0 aromatic carbocycles. The Morgan fingerprint density at radius 2 is 1.89 bits per heavy atom. The molecule has 2 amide bonds. The van der Waals surface area contributed by atoms with Gasteiger partial charge in [0.05, 0.1) is 0 Å². The van der Waals surface area contributed by atoms with Crippen LogP contribution in [0.4, 0.5) is 4.79 Å². The maximum absolute atomic E-state index is 12.5. The molecule has 2 N–H and O–H groups in total. The minimum absolute atomic E-state index is 0.109. The number of rotatable bonds is 2. The molecule has 0 aliphatic carbocycles. The first-order valence-corrected chi connectivity index (χ1v) is 6.44. The summed E-state index contributed by atoms with van der Waals surface area (Å²) < 4.78 is 0. The topological polar surface area (TPSA) is 69.6 Å². The summed E-state index contributed by atoms with van der Waals surface area (Å²) >= 11 is 0. The fourth-order valence-electron chi connectivity index (χ4n) is 2.34. The van der Waals surface area contributed by atoms with Crippen LogP contribution in [0.2, 0.25) is 0 Å². The molecule has 5 heteroatoms. The van der Waals surface area contributed by atoms with Crippen LogP contribution < -0.4 is 5.32 Å². The van der Waals surface area contributed by atoms with E-state index < -0.39 is 17.6 Å². The van der Waals surface area contributed by atoms with Crippen molar-refractivity contribution in [3.05, 3.63) is 0 Å². The maximum atomic E-state index is 12.5. The zero-order valence-corrected chi connectivity index (χ0v) is 11.9. The first-order valence-electron chi connectivity index (χ1n) is 6.44. The van der Waals surface area contributed by atoms with Crippen LogP contribution in [0, 0.1) is 11.3 Å². The zero-order valence-electron chi connectivity index (χ0n) is 11.9. The summed E-state index contributed by atoms with van der Waals surface area (Å²) in [7, 11) is 0. The molecule has 0 bridgehead atoms. The lowest BCUT2D eigenvalue weighted by Gasteiger charge is -2.34. The lowest BCUT2D eigenvalue weighted by Crippen LogP contribution is -2.55. The van der Waals surface area contributed by atoms with Crippen molar-refractivity contribution in [2.45, 2.75) is 53.1 Å². The van der Waals surface area contributed by atoms with E-state index in [1.165, 1.54) is 0 Å². The van der Waals surface area contributed by atoms with Crippen LogP contribution in [0.5, 0.6) is 0 Å². The lowest BCUT2D eigenvalue weighted by atomic mass is 9.85. The fraction of sp³-hybridized carbons (Fsp3) is 0.846. The molecule has 18 heavy (non-hydrogen) atoms. The minimum Gasteiger partial charge on any atom is -0.465 e. The van der Waals surface area contributed by atoms with Gasteiger partial charge < -0.3 is 15.3 Å². The highest BCUT2D eigenvalue weighted by Gasteiger charge is 2.40. The zero-order chi connectivity index (χ0) is 14.1. The van der Waals surface area contributed by atoms with Crippen molar-refractivity contribution in [3.8, 4) is 0 Å². The van der Waals surface area contributed by atoms with Crippen molar-refractivity contribution in [1.29, 1.82) is 0 Å². The molecular formula is C13H24N2O3. The Labute approximate surface area is 109 Å². The summed E-state index contributed by atoms with van der Waals surface area (Å²) in [6, 6.07) is -0.513. The van der Waals surface area contributed by atoms with E-state index in [2.05, 4.69) is 12.2 Å². The van der Waals surface area contributed by atoms with Crippen LogP contribution in [0.1, 0.15) is 41.0 Å². The van der Waals surface area contributed by atoms with Crippen LogP contribution >= 0.6 is 0 Å². The van der Waals surface area contributed by atoms with Gasteiger partial charge in [0.15, 0.2) is 0 Å². The number of carbonyl (C=O) groups excluding carboxylic acids is 1. The molecule has 104 valence electrons. The van der Waals surface area contributed by atoms with Crippen molar-refractivity contribution in [3.63, 3.8) is 0 Å². The van der Waals surface area contributed by atoms with Gasteiger partial charge in [-0.05, 0) is 24.7 Å². The number of carbonyl (C=O) groups is 2. The molecule has 0 aromatic heterocycles. The summed E-state index contributed by atoms with van der Waals surface area (Å²) in [6.07, 6.45) is -0.167. The monoisotopic (exact) mass is 256 g/mol. The number of carboxylic acid groups (broad SMARTS) is 1. The first-order chi connectivity index (χ1) is 8.14. The molecule has 1 fully saturated rings. The van der Waals surface area contributed by atoms with Crippen molar-refractivity contribution in [1.82, 2.24) is 10.2 Å². The van der Waals surface area contributed by atoms with E-state index in [1.54, 1.807) is 4.90 Å². The second-order valence-corrected chi connectivity index (χ2v) is 6.29. The maximum Gasteiger partial charge on any atom is 0.405 e. The Balaban J connectivity index is 2.86. The molecule has 1 aliphatic heterocycles. The van der Waals surface area contributed by atoms with Crippen LogP contribution in [-0.4, -0.2) is 40.6 Å². The molecule has 0 spiro atoms. The van der Waals surface area contributed by atoms with Gasteiger partial charge in [0, 0.05) is 12.6 Å². The van der Waals surface area contributed by atoms with E-state index in [9.17, 15) is 9.59 Å². The second kappa shape index (κ2) is 5.16. The van der Waals surface area contributed by atoms with Gasteiger partial charge in [-0.25, -0.2) is 4.79 Å². The van der Waals surface area contributed by atoms with E-state index in [0.29, 0.717) is 5.92 Å². The standard InChI is InChI=1S/C13H24N2O3/c1-8-6-7-15(9(8)2)11(16)10(13(3,4)5)14-12(17)18/h8-10,14H,6-7H2,1-5H3,(H,17,18)/t8-,9-,10-/m1/s1. The average Bonchev–Trinajstić information content (AvgIpc) is 2.54. The Hall–Kier alpha value is -1.26. The van der Waals surface area contributed by atoms with Gasteiger partial charge >= 0.3 is 6.09 Å². The number of amides is 2. The molecule has 1 saturated heterocycles. The number of nitrogens with zero attached hydrogens (tertiary/aromatic N) is 1. The number of likely N-dealkylation sites (tertiary alicyclic amines) is 1. The molecule has 5 nitrogen and oxygen atoms in total. The lowest BCUT2D eigenvalue weighted by molar-refractivity contribution is -0.136. The van der Waals surface area contributed by atoms with Gasteiger partial charge in [-0.15, -0.1) is 0 Å². The van der Waals surface area contributed by atoms with E-state index in [-0.39, 0.29) is 11.9 Å². The third kappa shape index (κ3) is 3.15. The first kappa shape index (κ1) is 14.8. The van der Waals surface area contributed by atoms with E-state index in [0.717, 1.165) is 13.0 Å². The largest absolute Gasteiger partial charge is 0.465 e. The minimum atomic E-state index is -1.15. The number of hydrogen-bond acceptors (Lipinski definition) is 2. The summed E-state index contributed by atoms with van der Waals surface area (Å²) in [5, 5.41) is 11.2. The number of nitrogens with one attached hydrogen (secondary N) is 1. The van der Waals surface area contributed by atoms with Crippen LogP contribution in [0.25, 0.3) is 0 Å². The summed E-state index contributed by atoms with van der Waals surface area (Å²) in [5.74, 6) is 0.362. The third-order valence-corrected chi connectivity index (χ3v) is 3.80. The summed E-state index contributed by atoms with van der Waals surface area (Å²) in [5.41, 5.74) is -0.430. The molecule has 0 aromatic rings. The Kier molecular flexibility index (Phi) is 4.24.